The topological polar surface area (TPSA) is 125 Å². The summed E-state index contributed by atoms with van der Waals surface area (Å²) in [6.07, 6.45) is 2.23. The lowest BCUT2D eigenvalue weighted by molar-refractivity contribution is -0.168. The fourth-order valence-electron chi connectivity index (χ4n) is 3.73. The second-order valence-electron chi connectivity index (χ2n) is 8.93. The molecule has 0 aliphatic heterocycles. The summed E-state index contributed by atoms with van der Waals surface area (Å²) in [6, 6.07) is 14.6. The molecule has 0 heterocycles. The molecule has 38 heavy (non-hydrogen) atoms. The summed E-state index contributed by atoms with van der Waals surface area (Å²) in [4.78, 5) is 25.1. The maximum Gasteiger partial charge on any atom is 0.330 e. The zero-order valence-corrected chi connectivity index (χ0v) is 23.2. The van der Waals surface area contributed by atoms with E-state index in [1.807, 2.05) is 24.3 Å². The van der Waals surface area contributed by atoms with Crippen LogP contribution in [0.3, 0.4) is 0 Å². The van der Waals surface area contributed by atoms with Gasteiger partial charge in [0.15, 0.2) is 5.25 Å². The van der Waals surface area contributed by atoms with Crippen LogP contribution in [0.25, 0.3) is 0 Å². The normalized spacial score (nSPS) is 13.7. The summed E-state index contributed by atoms with van der Waals surface area (Å²) < 4.78 is 55.2. The molecule has 3 atom stereocenters. The van der Waals surface area contributed by atoms with Crippen LogP contribution in [0.1, 0.15) is 70.9 Å². The van der Waals surface area contributed by atoms with Crippen molar-refractivity contribution in [3.8, 4) is 11.5 Å². The number of ether oxygens (including phenoxy) is 4. The number of para-hydroxylation sites is 2. The second kappa shape index (κ2) is 15.3. The average Bonchev–Trinajstić information content (AvgIpc) is 2.85. The Bertz CT molecular complexity index is 1150. The SMILES string of the molecule is CCCCc1ccccc1OC(C)OC(=O)CC(C(=O)OC(C)Oc1ccccc1CCCC)S(=O)(=O)O. The molecule has 0 bridgehead atoms. The monoisotopic (exact) mass is 550 g/mol. The third-order valence-corrected chi connectivity index (χ3v) is 6.76. The maximum absolute atomic E-state index is 12.6. The van der Waals surface area contributed by atoms with Crippen LogP contribution in [0.2, 0.25) is 0 Å². The van der Waals surface area contributed by atoms with Crippen LogP contribution in [-0.2, 0) is 42.0 Å². The third-order valence-electron chi connectivity index (χ3n) is 5.68. The van der Waals surface area contributed by atoms with Gasteiger partial charge in [-0.1, -0.05) is 63.1 Å². The Morgan fingerprint density at radius 2 is 1.24 bits per heavy atom. The van der Waals surface area contributed by atoms with Gasteiger partial charge in [-0.3, -0.25) is 14.1 Å². The minimum atomic E-state index is -4.98. The highest BCUT2D eigenvalue weighted by Crippen LogP contribution is 2.23. The third kappa shape index (κ3) is 10.3. The highest BCUT2D eigenvalue weighted by atomic mass is 32.2. The number of carbonyl (C=O) groups excluding carboxylic acids is 2. The van der Waals surface area contributed by atoms with Crippen molar-refractivity contribution in [3.63, 3.8) is 0 Å². The van der Waals surface area contributed by atoms with Crippen LogP contribution in [0.5, 0.6) is 11.5 Å². The molecule has 2 rings (SSSR count). The Kier molecular flexibility index (Phi) is 12.6. The van der Waals surface area contributed by atoms with Crippen molar-refractivity contribution in [1.29, 1.82) is 0 Å². The fourth-order valence-corrected chi connectivity index (χ4v) is 4.37. The van der Waals surface area contributed by atoms with Crippen molar-refractivity contribution in [3.05, 3.63) is 59.7 Å². The minimum Gasteiger partial charge on any atom is -0.455 e. The molecule has 0 fully saturated rings. The molecule has 10 heteroatoms. The molecule has 2 aromatic carbocycles. The van der Waals surface area contributed by atoms with Gasteiger partial charge < -0.3 is 18.9 Å². The predicted octanol–water partition coefficient (Wildman–Crippen LogP) is 5.25. The average molecular weight is 551 g/mol. The van der Waals surface area contributed by atoms with Crippen LogP contribution >= 0.6 is 0 Å². The van der Waals surface area contributed by atoms with Crippen molar-refractivity contribution < 1.29 is 41.5 Å². The van der Waals surface area contributed by atoms with E-state index in [2.05, 4.69) is 13.8 Å². The van der Waals surface area contributed by atoms with Gasteiger partial charge in [0.1, 0.15) is 11.5 Å². The maximum atomic E-state index is 12.6. The van der Waals surface area contributed by atoms with Crippen LogP contribution in [0.15, 0.2) is 48.5 Å². The number of aryl methyl sites for hydroxylation is 2. The van der Waals surface area contributed by atoms with E-state index < -0.39 is 46.3 Å². The summed E-state index contributed by atoms with van der Waals surface area (Å²) in [5, 5.41) is -2.18. The van der Waals surface area contributed by atoms with Crippen molar-refractivity contribution in [2.24, 2.45) is 0 Å². The van der Waals surface area contributed by atoms with Gasteiger partial charge in [0.2, 0.25) is 12.6 Å². The lowest BCUT2D eigenvalue weighted by atomic mass is 10.1. The van der Waals surface area contributed by atoms with E-state index in [9.17, 15) is 22.6 Å². The lowest BCUT2D eigenvalue weighted by Gasteiger charge is -2.21. The Balaban J connectivity index is 2.00. The quantitative estimate of drug-likeness (QED) is 0.169. The Morgan fingerprint density at radius 3 is 1.68 bits per heavy atom. The number of unbranched alkanes of at least 4 members (excludes halogenated alkanes) is 2. The molecule has 0 saturated heterocycles. The van der Waals surface area contributed by atoms with Gasteiger partial charge in [-0.15, -0.1) is 0 Å². The number of esters is 2. The van der Waals surface area contributed by atoms with E-state index in [1.54, 1.807) is 24.3 Å². The standard InChI is InChI=1S/C28H38O9S/c1-5-7-13-22-15-9-11-17-24(22)34-20(3)36-27(29)19-26(38(31,32)33)28(30)37-21(4)35-25-18-12-10-16-23(25)14-8-6-2/h9-12,15-18,20-21,26H,5-8,13-14,19H2,1-4H3,(H,31,32,33). The van der Waals surface area contributed by atoms with E-state index in [1.165, 1.54) is 13.8 Å². The summed E-state index contributed by atoms with van der Waals surface area (Å²) in [5.41, 5.74) is 1.86. The molecule has 0 aromatic heterocycles. The molecule has 0 spiro atoms. The van der Waals surface area contributed by atoms with Crippen molar-refractivity contribution in [1.82, 2.24) is 0 Å². The van der Waals surface area contributed by atoms with Crippen LogP contribution in [-0.4, -0.2) is 42.7 Å². The van der Waals surface area contributed by atoms with E-state index in [-0.39, 0.29) is 0 Å². The summed E-state index contributed by atoms with van der Waals surface area (Å²) in [6.45, 7) is 7.03. The molecule has 0 saturated carbocycles. The van der Waals surface area contributed by atoms with Crippen molar-refractivity contribution in [2.75, 3.05) is 0 Å². The molecular formula is C28H38O9S. The molecule has 3 unspecified atom stereocenters. The number of rotatable bonds is 16. The zero-order valence-electron chi connectivity index (χ0n) is 22.4. The number of hydrogen-bond donors (Lipinski definition) is 1. The summed E-state index contributed by atoms with van der Waals surface area (Å²) >= 11 is 0. The van der Waals surface area contributed by atoms with Crippen LogP contribution < -0.4 is 9.47 Å². The zero-order chi connectivity index (χ0) is 28.1. The smallest absolute Gasteiger partial charge is 0.330 e. The molecule has 9 nitrogen and oxygen atoms in total. The molecule has 2 aromatic rings. The largest absolute Gasteiger partial charge is 0.455 e. The molecule has 1 N–H and O–H groups in total. The van der Waals surface area contributed by atoms with E-state index in [0.29, 0.717) is 11.5 Å². The van der Waals surface area contributed by atoms with Gasteiger partial charge >= 0.3 is 11.9 Å². The first-order chi connectivity index (χ1) is 18.0. The molecule has 0 aliphatic carbocycles. The molecule has 0 radical (unpaired) electrons. The number of hydrogen-bond acceptors (Lipinski definition) is 8. The Labute approximate surface area is 225 Å². The van der Waals surface area contributed by atoms with Gasteiger partial charge in [0.05, 0.1) is 6.42 Å². The summed E-state index contributed by atoms with van der Waals surface area (Å²) in [5.74, 6) is -1.35. The molecular weight excluding hydrogens is 512 g/mol. The van der Waals surface area contributed by atoms with E-state index >= 15 is 0 Å². The van der Waals surface area contributed by atoms with Crippen molar-refractivity contribution in [2.45, 2.75) is 90.5 Å². The second-order valence-corrected chi connectivity index (χ2v) is 10.5. The first kappa shape index (κ1) is 31.1. The van der Waals surface area contributed by atoms with Crippen LogP contribution in [0, 0.1) is 0 Å². The minimum absolute atomic E-state index is 0.495. The Hall–Kier alpha value is -3.11. The van der Waals surface area contributed by atoms with Gasteiger partial charge in [0.25, 0.3) is 10.1 Å². The van der Waals surface area contributed by atoms with Gasteiger partial charge in [0, 0.05) is 13.8 Å². The highest BCUT2D eigenvalue weighted by molar-refractivity contribution is 7.87. The molecule has 0 amide bonds. The fraction of sp³-hybridized carbons (Fsp3) is 0.500. The lowest BCUT2D eigenvalue weighted by Crippen LogP contribution is -2.38. The van der Waals surface area contributed by atoms with Gasteiger partial charge in [-0.05, 0) is 48.9 Å². The van der Waals surface area contributed by atoms with Crippen molar-refractivity contribution >= 4 is 22.1 Å². The predicted molar refractivity (Wildman–Crippen MR) is 142 cm³/mol. The Morgan fingerprint density at radius 1 is 0.789 bits per heavy atom. The first-order valence-corrected chi connectivity index (χ1v) is 14.4. The number of benzene rings is 2. The van der Waals surface area contributed by atoms with E-state index in [4.69, 9.17) is 18.9 Å². The molecule has 210 valence electrons. The summed E-state index contributed by atoms with van der Waals surface area (Å²) in [7, 11) is -4.98. The van der Waals surface area contributed by atoms with Gasteiger partial charge in [-0.25, -0.2) is 0 Å². The number of carbonyl (C=O) groups is 2. The van der Waals surface area contributed by atoms with E-state index in [0.717, 1.165) is 49.7 Å². The molecule has 0 aliphatic rings. The van der Waals surface area contributed by atoms with Gasteiger partial charge in [-0.2, -0.15) is 8.42 Å². The first-order valence-electron chi connectivity index (χ1n) is 12.9. The van der Waals surface area contributed by atoms with Crippen LogP contribution in [0.4, 0.5) is 0 Å². The highest BCUT2D eigenvalue weighted by Gasteiger charge is 2.37.